The van der Waals surface area contributed by atoms with Crippen LogP contribution in [0.1, 0.15) is 38.8 Å². The minimum Gasteiger partial charge on any atom is -0.467 e. The van der Waals surface area contributed by atoms with E-state index in [2.05, 4.69) is 26.1 Å². The number of hydrazine groups is 2. The summed E-state index contributed by atoms with van der Waals surface area (Å²) in [4.78, 5) is 34.8. The summed E-state index contributed by atoms with van der Waals surface area (Å²) in [6.07, 6.45) is -3.36. The topological polar surface area (TPSA) is 204 Å². The summed E-state index contributed by atoms with van der Waals surface area (Å²) in [6, 6.07) is 22.5. The average Bonchev–Trinajstić information content (AvgIpc) is 3.17. The van der Waals surface area contributed by atoms with Crippen LogP contribution in [-0.4, -0.2) is 100 Å². The number of methoxy groups -OCH3 is 1. The van der Waals surface area contributed by atoms with Gasteiger partial charge in [-0.3, -0.25) is 11.3 Å². The van der Waals surface area contributed by atoms with Crippen molar-refractivity contribution >= 4 is 69.7 Å². The molecule has 0 aromatic heterocycles. The predicted octanol–water partition coefficient (Wildman–Crippen LogP) is 5.13. The number of carbonyl (C=O) groups excluding carboxylic acids is 3. The first-order valence-corrected chi connectivity index (χ1v) is 19.6. The van der Waals surface area contributed by atoms with Crippen molar-refractivity contribution in [1.29, 1.82) is 0 Å². The molecular weight excluding hydrogens is 896 g/mol. The summed E-state index contributed by atoms with van der Waals surface area (Å²) in [6.45, 7) is 7.50. The molecule has 60 heavy (non-hydrogen) atoms. The maximum absolute atomic E-state index is 13.9. The molecule has 0 fully saturated rings. The number of esters is 2. The Morgan fingerprint density at radius 1 is 0.833 bits per heavy atom. The molecule has 4 aromatic rings. The first-order valence-electron chi connectivity index (χ1n) is 18.1. The van der Waals surface area contributed by atoms with Gasteiger partial charge in [0.15, 0.2) is 12.2 Å². The molecule has 0 aliphatic heterocycles. The Kier molecular flexibility index (Phi) is 22.1. The Balaban J connectivity index is 0.000000332. The van der Waals surface area contributed by atoms with E-state index in [9.17, 15) is 33.4 Å². The molecule has 7 N–H and O–H groups in total. The Hall–Kier alpha value is -4.21. The lowest BCUT2D eigenvalue weighted by Crippen LogP contribution is -2.48. The normalized spacial score (nSPS) is 11.9. The summed E-state index contributed by atoms with van der Waals surface area (Å²) >= 11 is 14.7. The number of aliphatic hydroxyl groups excluding tert-OH is 2. The molecule has 0 radical (unpaired) electrons. The molecule has 2 atom stereocenters. The Bertz CT molecular complexity index is 1980. The number of ether oxygens (including phenoxy) is 3. The van der Waals surface area contributed by atoms with Gasteiger partial charge in [-0.05, 0) is 92.9 Å². The second-order valence-corrected chi connectivity index (χ2v) is 15.5. The van der Waals surface area contributed by atoms with Gasteiger partial charge in [-0.1, -0.05) is 75.5 Å². The molecule has 4 aromatic carbocycles. The Morgan fingerprint density at radius 3 is 1.90 bits per heavy atom. The third kappa shape index (κ3) is 19.5. The van der Waals surface area contributed by atoms with Gasteiger partial charge in [0.1, 0.15) is 17.2 Å². The molecule has 1 amide bonds. The summed E-state index contributed by atoms with van der Waals surface area (Å²) in [7, 11) is -0.625. The fourth-order valence-electron chi connectivity index (χ4n) is 4.86. The van der Waals surface area contributed by atoms with Gasteiger partial charge in [0.2, 0.25) is 0 Å². The van der Waals surface area contributed by atoms with Gasteiger partial charge in [-0.15, -0.1) is 0 Å². The third-order valence-electron chi connectivity index (χ3n) is 7.58. The summed E-state index contributed by atoms with van der Waals surface area (Å²) in [5.74, 6) is 3.31. The van der Waals surface area contributed by atoms with Crippen molar-refractivity contribution in [3.05, 3.63) is 122 Å². The second kappa shape index (κ2) is 25.5. The van der Waals surface area contributed by atoms with Crippen LogP contribution in [0.4, 0.5) is 13.6 Å². The molecule has 0 saturated carbocycles. The van der Waals surface area contributed by atoms with Gasteiger partial charge in [0.05, 0.1) is 26.8 Å². The number of nitrogens with zero attached hydrogens (tertiary/aromatic N) is 2. The number of halogens is 5. The van der Waals surface area contributed by atoms with E-state index in [4.69, 9.17) is 48.6 Å². The van der Waals surface area contributed by atoms with Crippen LogP contribution in [0.2, 0.25) is 10.0 Å². The minimum absolute atomic E-state index is 0.0521. The number of benzene rings is 4. The number of hydrogen-bond donors (Lipinski definition) is 6. The largest absolute Gasteiger partial charge is 0.491 e. The van der Waals surface area contributed by atoms with Crippen LogP contribution in [-0.2, 0) is 36.9 Å². The standard InChI is InChI=1S/C18H20ClFN2O3.C16H23BrN2O5.C6H5BClFO2/c1-2-25-18(24)17(23)11-22(21)10-12-3-5-13(6-4-12)15-9-14(19)7-8-16(15)20;1-16(2,3)24-15(22)18-19(10-13(20)14(21)23-4)9-11-5-7-12(17)8-6-11;8-4-1-2-6(9)5(3-4)7(10)11/h3-9,17,23H,2,10-11,21H2,1H3;5-8,13,20H,9-10H2,1-4H3,(H,18,22);1-3,10-11H/t17-;13-;/m11./s1. The van der Waals surface area contributed by atoms with E-state index in [0.29, 0.717) is 22.7 Å². The molecule has 0 aliphatic rings. The lowest BCUT2D eigenvalue weighted by molar-refractivity contribution is -0.154. The number of carbonyl (C=O) groups is 3. The lowest BCUT2D eigenvalue weighted by atomic mass is 9.80. The van der Waals surface area contributed by atoms with Crippen LogP contribution < -0.4 is 16.7 Å². The molecule has 20 heteroatoms. The van der Waals surface area contributed by atoms with Gasteiger partial charge in [-0.2, -0.15) is 0 Å². The Morgan fingerprint density at radius 2 is 1.37 bits per heavy atom. The number of nitrogens with one attached hydrogen (secondary N) is 1. The summed E-state index contributed by atoms with van der Waals surface area (Å²) in [5, 5.41) is 40.2. The maximum Gasteiger partial charge on any atom is 0.491 e. The van der Waals surface area contributed by atoms with Crippen molar-refractivity contribution in [1.82, 2.24) is 15.4 Å². The molecule has 0 bridgehead atoms. The first kappa shape index (κ1) is 51.9. The van der Waals surface area contributed by atoms with Crippen molar-refractivity contribution < 1.29 is 57.6 Å². The fourth-order valence-corrected chi connectivity index (χ4v) is 5.48. The van der Waals surface area contributed by atoms with E-state index < -0.39 is 48.8 Å². The van der Waals surface area contributed by atoms with Crippen molar-refractivity contribution in [3.8, 4) is 11.1 Å². The van der Waals surface area contributed by atoms with Crippen LogP contribution in [0.25, 0.3) is 11.1 Å². The quantitative estimate of drug-likeness (QED) is 0.0320. The molecule has 14 nitrogen and oxygen atoms in total. The molecule has 0 heterocycles. The number of aliphatic hydroxyl groups is 2. The van der Waals surface area contributed by atoms with E-state index in [1.807, 2.05) is 24.3 Å². The molecule has 0 saturated heterocycles. The highest BCUT2D eigenvalue weighted by Gasteiger charge is 2.24. The van der Waals surface area contributed by atoms with Crippen molar-refractivity contribution in [2.45, 2.75) is 58.6 Å². The highest BCUT2D eigenvalue weighted by molar-refractivity contribution is 9.10. The summed E-state index contributed by atoms with van der Waals surface area (Å²) < 4.78 is 41.9. The molecule has 0 spiro atoms. The van der Waals surface area contributed by atoms with Crippen LogP contribution in [0.3, 0.4) is 0 Å². The van der Waals surface area contributed by atoms with Crippen molar-refractivity contribution in [3.63, 3.8) is 0 Å². The van der Waals surface area contributed by atoms with Crippen molar-refractivity contribution in [2.75, 3.05) is 26.8 Å². The lowest BCUT2D eigenvalue weighted by Gasteiger charge is -2.27. The molecule has 0 unspecified atom stereocenters. The van der Waals surface area contributed by atoms with Crippen molar-refractivity contribution in [2.24, 2.45) is 5.84 Å². The van der Waals surface area contributed by atoms with Crippen LogP contribution in [0.15, 0.2) is 89.4 Å². The van der Waals surface area contributed by atoms with Gasteiger partial charge in [-0.25, -0.2) is 33.2 Å². The molecule has 4 rings (SSSR count). The molecular formula is C40H48BBrCl2F2N4O10. The molecule has 326 valence electrons. The SMILES string of the molecule is CCOC(=O)[C@H](O)CN(N)Cc1ccc(-c2cc(Cl)ccc2F)cc1.COC(=O)[C@H](O)CN(Cc1ccc(Br)cc1)NC(=O)OC(C)(C)C.OB(O)c1cc(Cl)ccc1F. The fraction of sp³-hybridized carbons (Fsp3) is 0.325. The highest BCUT2D eigenvalue weighted by atomic mass is 79.9. The number of rotatable bonds is 14. The van der Waals surface area contributed by atoms with E-state index in [0.717, 1.165) is 21.7 Å². The van der Waals surface area contributed by atoms with E-state index in [-0.39, 0.29) is 42.5 Å². The smallest absolute Gasteiger partial charge is 0.467 e. The third-order valence-corrected chi connectivity index (χ3v) is 8.58. The van der Waals surface area contributed by atoms with E-state index >= 15 is 0 Å². The number of hydrogen-bond acceptors (Lipinski definition) is 13. The zero-order valence-corrected chi connectivity index (χ0v) is 36.5. The highest BCUT2D eigenvalue weighted by Crippen LogP contribution is 2.26. The predicted molar refractivity (Wildman–Crippen MR) is 227 cm³/mol. The molecule has 0 aliphatic carbocycles. The van der Waals surface area contributed by atoms with Gasteiger partial charge >= 0.3 is 25.2 Å². The van der Waals surface area contributed by atoms with Crippen LogP contribution >= 0.6 is 39.1 Å². The number of nitrogens with two attached hydrogens (primary N) is 1. The first-order chi connectivity index (χ1) is 28.1. The Labute approximate surface area is 366 Å². The zero-order chi connectivity index (χ0) is 45.2. The minimum atomic E-state index is -1.81. The van der Waals surface area contributed by atoms with Gasteiger partial charge in [0, 0.05) is 38.6 Å². The van der Waals surface area contributed by atoms with Gasteiger partial charge < -0.3 is 34.5 Å². The number of amides is 1. The maximum atomic E-state index is 13.9. The van der Waals surface area contributed by atoms with E-state index in [1.54, 1.807) is 58.0 Å². The van der Waals surface area contributed by atoms with E-state index in [1.165, 1.54) is 41.4 Å². The van der Waals surface area contributed by atoms with Crippen LogP contribution in [0, 0.1) is 11.6 Å². The summed E-state index contributed by atoms with van der Waals surface area (Å²) in [5.41, 5.74) is 4.51. The van der Waals surface area contributed by atoms with Gasteiger partial charge in [0.25, 0.3) is 0 Å². The monoisotopic (exact) mass is 942 g/mol. The van der Waals surface area contributed by atoms with Crippen LogP contribution in [0.5, 0.6) is 0 Å². The second-order valence-electron chi connectivity index (χ2n) is 13.7. The zero-order valence-electron chi connectivity index (χ0n) is 33.5. The average molecular weight is 944 g/mol.